The number of fused-ring (bicyclic) bond motifs is 7. The van der Waals surface area contributed by atoms with Crippen molar-refractivity contribution in [2.24, 2.45) is 0 Å². The molecule has 2 bridgehead atoms. The van der Waals surface area contributed by atoms with Crippen LogP contribution in [0.25, 0.3) is 0 Å². The van der Waals surface area contributed by atoms with Gasteiger partial charge in [-0.05, 0) is 36.8 Å². The molecule has 15 heavy (non-hydrogen) atoms. The SMILES string of the molecule is O=C1NCCn2c1cc1c2C2CCC1C2. The maximum atomic E-state index is 11.7. The molecular weight excluding hydrogens is 188 g/mol. The van der Waals surface area contributed by atoms with Gasteiger partial charge in [0.2, 0.25) is 0 Å². The molecule has 1 aliphatic heterocycles. The van der Waals surface area contributed by atoms with Crippen molar-refractivity contribution in [2.75, 3.05) is 6.54 Å². The van der Waals surface area contributed by atoms with Crippen LogP contribution in [0, 0.1) is 0 Å². The second-order valence-corrected chi connectivity index (χ2v) is 4.98. The summed E-state index contributed by atoms with van der Waals surface area (Å²) in [6, 6.07) is 2.15. The van der Waals surface area contributed by atoms with Gasteiger partial charge in [-0.2, -0.15) is 0 Å². The van der Waals surface area contributed by atoms with E-state index in [1.165, 1.54) is 30.5 Å². The molecule has 2 aliphatic carbocycles. The van der Waals surface area contributed by atoms with Gasteiger partial charge in [0.1, 0.15) is 5.69 Å². The number of carbonyl (C=O) groups is 1. The molecule has 1 aromatic heterocycles. The lowest BCUT2D eigenvalue weighted by Gasteiger charge is -2.20. The van der Waals surface area contributed by atoms with Crippen LogP contribution in [0.1, 0.15) is 52.8 Å². The average molecular weight is 202 g/mol. The van der Waals surface area contributed by atoms with Gasteiger partial charge in [-0.3, -0.25) is 4.79 Å². The van der Waals surface area contributed by atoms with Crippen LogP contribution in [-0.4, -0.2) is 17.0 Å². The predicted molar refractivity (Wildman–Crippen MR) is 56.1 cm³/mol. The first-order chi connectivity index (χ1) is 7.34. The minimum absolute atomic E-state index is 0.120. The Kier molecular flexibility index (Phi) is 1.31. The zero-order valence-electron chi connectivity index (χ0n) is 8.62. The molecule has 1 fully saturated rings. The number of aromatic nitrogens is 1. The summed E-state index contributed by atoms with van der Waals surface area (Å²) in [6.07, 6.45) is 4.01. The Bertz CT molecular complexity index is 460. The third-order valence-electron chi connectivity index (χ3n) is 4.28. The van der Waals surface area contributed by atoms with Gasteiger partial charge in [-0.1, -0.05) is 0 Å². The molecule has 0 radical (unpaired) electrons. The summed E-state index contributed by atoms with van der Waals surface area (Å²) in [5.74, 6) is 1.63. The van der Waals surface area contributed by atoms with Crippen molar-refractivity contribution in [3.8, 4) is 0 Å². The number of nitrogens with one attached hydrogen (secondary N) is 1. The van der Waals surface area contributed by atoms with Crippen molar-refractivity contribution in [1.29, 1.82) is 0 Å². The van der Waals surface area contributed by atoms with E-state index in [0.717, 1.165) is 30.6 Å². The lowest BCUT2D eigenvalue weighted by Crippen LogP contribution is -2.35. The van der Waals surface area contributed by atoms with E-state index >= 15 is 0 Å². The fraction of sp³-hybridized carbons (Fsp3) is 0.583. The largest absolute Gasteiger partial charge is 0.349 e. The molecule has 0 spiro atoms. The Morgan fingerprint density at radius 1 is 1.33 bits per heavy atom. The van der Waals surface area contributed by atoms with Crippen LogP contribution in [-0.2, 0) is 6.54 Å². The summed E-state index contributed by atoms with van der Waals surface area (Å²) >= 11 is 0. The number of hydrogen-bond donors (Lipinski definition) is 1. The van der Waals surface area contributed by atoms with Crippen molar-refractivity contribution < 1.29 is 4.79 Å². The van der Waals surface area contributed by atoms with Crippen LogP contribution in [0.5, 0.6) is 0 Å². The van der Waals surface area contributed by atoms with Crippen LogP contribution in [0.4, 0.5) is 0 Å². The summed E-state index contributed by atoms with van der Waals surface area (Å²) in [5.41, 5.74) is 3.89. The zero-order chi connectivity index (χ0) is 9.99. The van der Waals surface area contributed by atoms with Crippen LogP contribution in [0.15, 0.2) is 6.07 Å². The molecule has 78 valence electrons. The Morgan fingerprint density at radius 2 is 2.20 bits per heavy atom. The Hall–Kier alpha value is -1.25. The second kappa shape index (κ2) is 2.46. The van der Waals surface area contributed by atoms with Gasteiger partial charge in [0.25, 0.3) is 5.91 Å². The first kappa shape index (κ1) is 7.97. The van der Waals surface area contributed by atoms with E-state index in [-0.39, 0.29) is 5.91 Å². The van der Waals surface area contributed by atoms with Gasteiger partial charge in [0, 0.05) is 24.7 Å². The molecule has 3 heteroatoms. The molecule has 4 rings (SSSR count). The summed E-state index contributed by atoms with van der Waals surface area (Å²) in [6.45, 7) is 1.77. The Morgan fingerprint density at radius 3 is 3.13 bits per heavy atom. The summed E-state index contributed by atoms with van der Waals surface area (Å²) in [4.78, 5) is 11.7. The maximum absolute atomic E-state index is 11.7. The number of rotatable bonds is 0. The van der Waals surface area contributed by atoms with E-state index in [2.05, 4.69) is 16.0 Å². The van der Waals surface area contributed by atoms with Crippen LogP contribution < -0.4 is 5.32 Å². The highest BCUT2D eigenvalue weighted by molar-refractivity contribution is 5.94. The van der Waals surface area contributed by atoms with Gasteiger partial charge in [-0.25, -0.2) is 0 Å². The highest BCUT2D eigenvalue weighted by Crippen LogP contribution is 2.54. The average Bonchev–Trinajstić information content (AvgIpc) is 2.87. The molecule has 0 saturated heterocycles. The molecule has 2 unspecified atom stereocenters. The molecule has 1 aromatic rings. The minimum atomic E-state index is 0.120. The third-order valence-corrected chi connectivity index (χ3v) is 4.28. The second-order valence-electron chi connectivity index (χ2n) is 4.98. The van der Waals surface area contributed by atoms with Crippen molar-refractivity contribution >= 4 is 5.91 Å². The lowest BCUT2D eigenvalue weighted by atomic mass is 9.98. The zero-order valence-corrected chi connectivity index (χ0v) is 8.62. The fourth-order valence-corrected chi connectivity index (χ4v) is 3.68. The molecule has 2 atom stereocenters. The maximum Gasteiger partial charge on any atom is 0.267 e. The monoisotopic (exact) mass is 202 g/mol. The molecule has 1 saturated carbocycles. The molecular formula is C12H14N2O. The topological polar surface area (TPSA) is 34.0 Å². The highest BCUT2D eigenvalue weighted by atomic mass is 16.2. The van der Waals surface area contributed by atoms with E-state index in [4.69, 9.17) is 0 Å². The van der Waals surface area contributed by atoms with Crippen molar-refractivity contribution in [2.45, 2.75) is 37.6 Å². The predicted octanol–water partition coefficient (Wildman–Crippen LogP) is 1.60. The van der Waals surface area contributed by atoms with Crippen molar-refractivity contribution in [3.05, 3.63) is 23.0 Å². The van der Waals surface area contributed by atoms with E-state index in [9.17, 15) is 4.79 Å². The highest BCUT2D eigenvalue weighted by Gasteiger charge is 2.41. The quantitative estimate of drug-likeness (QED) is 0.681. The Balaban J connectivity index is 1.96. The van der Waals surface area contributed by atoms with Crippen LogP contribution in [0.2, 0.25) is 0 Å². The fourth-order valence-electron chi connectivity index (χ4n) is 3.68. The lowest BCUT2D eigenvalue weighted by molar-refractivity contribution is 0.0927. The summed E-state index contributed by atoms with van der Waals surface area (Å²) < 4.78 is 2.28. The van der Waals surface area contributed by atoms with Crippen molar-refractivity contribution in [1.82, 2.24) is 9.88 Å². The summed E-state index contributed by atoms with van der Waals surface area (Å²) in [7, 11) is 0. The molecule has 1 amide bonds. The Labute approximate surface area is 88.5 Å². The smallest absolute Gasteiger partial charge is 0.267 e. The minimum Gasteiger partial charge on any atom is -0.349 e. The van der Waals surface area contributed by atoms with E-state index < -0.39 is 0 Å². The van der Waals surface area contributed by atoms with Crippen LogP contribution >= 0.6 is 0 Å². The van der Waals surface area contributed by atoms with Gasteiger partial charge in [0.15, 0.2) is 0 Å². The van der Waals surface area contributed by atoms with E-state index in [0.29, 0.717) is 0 Å². The third kappa shape index (κ3) is 0.845. The van der Waals surface area contributed by atoms with Gasteiger partial charge in [0.05, 0.1) is 0 Å². The standard InChI is InChI=1S/C12H14N2O/c15-12-10-6-9-7-1-2-8(5-7)11(9)14(10)4-3-13-12/h6-8H,1-5H2,(H,13,15). The molecule has 3 nitrogen and oxygen atoms in total. The molecule has 2 heterocycles. The van der Waals surface area contributed by atoms with Gasteiger partial charge in [-0.15, -0.1) is 0 Å². The van der Waals surface area contributed by atoms with Crippen LogP contribution in [0.3, 0.4) is 0 Å². The van der Waals surface area contributed by atoms with Gasteiger partial charge >= 0.3 is 0 Å². The molecule has 3 aliphatic rings. The first-order valence-electron chi connectivity index (χ1n) is 5.86. The van der Waals surface area contributed by atoms with Gasteiger partial charge < -0.3 is 9.88 Å². The van der Waals surface area contributed by atoms with Crippen molar-refractivity contribution in [3.63, 3.8) is 0 Å². The molecule has 0 aromatic carbocycles. The van der Waals surface area contributed by atoms with E-state index in [1.807, 2.05) is 0 Å². The number of nitrogens with zero attached hydrogens (tertiary/aromatic N) is 1. The number of carbonyl (C=O) groups excluding carboxylic acids is 1. The summed E-state index contributed by atoms with van der Waals surface area (Å²) in [5, 5.41) is 2.92. The van der Waals surface area contributed by atoms with E-state index in [1.54, 1.807) is 0 Å². The first-order valence-corrected chi connectivity index (χ1v) is 5.86. The number of amides is 1. The number of hydrogen-bond acceptors (Lipinski definition) is 1. The normalized spacial score (nSPS) is 31.3. The molecule has 1 N–H and O–H groups in total.